The van der Waals surface area contributed by atoms with Crippen molar-refractivity contribution in [2.75, 3.05) is 11.5 Å². The smallest absolute Gasteiger partial charge is 0.180 e. The molecule has 1 aromatic carbocycles. The van der Waals surface area contributed by atoms with Gasteiger partial charge in [-0.15, -0.1) is 0 Å². The molecule has 1 aromatic heterocycles. The number of nitrogen functional groups attached to an aromatic ring is 1. The van der Waals surface area contributed by atoms with Crippen LogP contribution in [0.3, 0.4) is 0 Å². The van der Waals surface area contributed by atoms with Crippen molar-refractivity contribution in [1.82, 2.24) is 4.98 Å². The maximum Gasteiger partial charge on any atom is 0.180 e. The lowest BCUT2D eigenvalue weighted by Gasteiger charge is -2.06. The van der Waals surface area contributed by atoms with Crippen LogP contribution in [0.4, 0.5) is 5.69 Å². The molecule has 0 unspecified atom stereocenters. The molecule has 0 aliphatic carbocycles. The van der Waals surface area contributed by atoms with E-state index in [9.17, 15) is 8.42 Å². The van der Waals surface area contributed by atoms with Gasteiger partial charge in [-0.3, -0.25) is 4.98 Å². The van der Waals surface area contributed by atoms with Crippen LogP contribution in [0, 0.1) is 0 Å². The minimum Gasteiger partial charge on any atom is -0.398 e. The minimum atomic E-state index is -3.35. The van der Waals surface area contributed by atoms with E-state index in [4.69, 9.17) is 5.73 Å². The Labute approximate surface area is 106 Å². The number of hydrogen-bond acceptors (Lipinski definition) is 4. The van der Waals surface area contributed by atoms with Gasteiger partial charge in [-0.05, 0) is 24.3 Å². The van der Waals surface area contributed by atoms with E-state index in [0.717, 1.165) is 5.69 Å². The summed E-state index contributed by atoms with van der Waals surface area (Å²) < 4.78 is 24.2. The van der Waals surface area contributed by atoms with Gasteiger partial charge in [0.2, 0.25) is 0 Å². The number of hydrogen-bond donors (Lipinski definition) is 1. The second kappa shape index (κ2) is 5.18. The highest BCUT2D eigenvalue weighted by molar-refractivity contribution is 7.91. The largest absolute Gasteiger partial charge is 0.398 e. The van der Waals surface area contributed by atoms with Crippen LogP contribution in [0.15, 0.2) is 53.6 Å². The Morgan fingerprint density at radius 3 is 2.44 bits per heavy atom. The van der Waals surface area contributed by atoms with Crippen LogP contribution in [-0.2, 0) is 16.3 Å². The molecule has 2 rings (SSSR count). The van der Waals surface area contributed by atoms with E-state index in [0.29, 0.717) is 12.1 Å². The first-order chi connectivity index (χ1) is 8.59. The number of para-hydroxylation sites is 1. The Balaban J connectivity index is 2.16. The fourth-order valence-electron chi connectivity index (χ4n) is 1.66. The van der Waals surface area contributed by atoms with Gasteiger partial charge in [0.25, 0.3) is 0 Å². The lowest BCUT2D eigenvalue weighted by molar-refractivity contribution is 0.595. The van der Waals surface area contributed by atoms with Crippen molar-refractivity contribution < 1.29 is 8.42 Å². The van der Waals surface area contributed by atoms with Crippen LogP contribution in [0.1, 0.15) is 5.69 Å². The molecule has 0 amide bonds. The molecule has 0 spiro atoms. The highest BCUT2D eigenvalue weighted by Crippen LogP contribution is 2.19. The summed E-state index contributed by atoms with van der Waals surface area (Å²) in [7, 11) is -3.35. The van der Waals surface area contributed by atoms with Gasteiger partial charge in [0.1, 0.15) is 0 Å². The van der Waals surface area contributed by atoms with Crippen molar-refractivity contribution in [1.29, 1.82) is 0 Å². The van der Waals surface area contributed by atoms with E-state index < -0.39 is 9.84 Å². The molecule has 4 nitrogen and oxygen atoms in total. The lowest BCUT2D eigenvalue weighted by atomic mass is 10.3. The summed E-state index contributed by atoms with van der Waals surface area (Å²) in [5.41, 5.74) is 6.73. The fourth-order valence-corrected chi connectivity index (χ4v) is 3.07. The van der Waals surface area contributed by atoms with Crippen molar-refractivity contribution in [3.05, 3.63) is 54.4 Å². The molecule has 0 aliphatic rings. The first-order valence-electron chi connectivity index (χ1n) is 5.57. The van der Waals surface area contributed by atoms with E-state index >= 15 is 0 Å². The lowest BCUT2D eigenvalue weighted by Crippen LogP contribution is -2.11. The number of sulfone groups is 1. The van der Waals surface area contributed by atoms with Crippen molar-refractivity contribution in [3.8, 4) is 0 Å². The molecule has 0 saturated heterocycles. The number of anilines is 1. The predicted molar refractivity (Wildman–Crippen MR) is 70.8 cm³/mol. The quantitative estimate of drug-likeness (QED) is 0.851. The van der Waals surface area contributed by atoms with Crippen LogP contribution >= 0.6 is 0 Å². The number of rotatable bonds is 4. The molecular weight excluding hydrogens is 248 g/mol. The standard InChI is InChI=1S/C13H14N2O2S/c14-12-6-1-2-7-13(12)18(16,17)10-8-11-5-3-4-9-15-11/h1-7,9H,8,10,14H2. The summed E-state index contributed by atoms with van der Waals surface area (Å²) in [4.78, 5) is 4.30. The monoisotopic (exact) mass is 262 g/mol. The highest BCUT2D eigenvalue weighted by Gasteiger charge is 2.17. The summed E-state index contributed by atoms with van der Waals surface area (Å²) in [6.07, 6.45) is 2.04. The number of nitrogens with two attached hydrogens (primary N) is 1. The minimum absolute atomic E-state index is 0.0121. The van der Waals surface area contributed by atoms with Gasteiger partial charge in [-0.25, -0.2) is 8.42 Å². The van der Waals surface area contributed by atoms with Crippen molar-refractivity contribution >= 4 is 15.5 Å². The molecule has 5 heteroatoms. The second-order valence-corrected chi connectivity index (χ2v) is 6.01. The van der Waals surface area contributed by atoms with Gasteiger partial charge in [0.05, 0.1) is 16.3 Å². The molecule has 0 aliphatic heterocycles. The average Bonchev–Trinajstić information content (AvgIpc) is 2.38. The number of aromatic nitrogens is 1. The van der Waals surface area contributed by atoms with E-state index in [2.05, 4.69) is 4.98 Å². The first kappa shape index (κ1) is 12.6. The van der Waals surface area contributed by atoms with Gasteiger partial charge in [0, 0.05) is 18.3 Å². The van der Waals surface area contributed by atoms with Crippen molar-refractivity contribution in [3.63, 3.8) is 0 Å². The molecule has 0 saturated carbocycles. The number of nitrogens with zero attached hydrogens (tertiary/aromatic N) is 1. The first-order valence-corrected chi connectivity index (χ1v) is 7.22. The van der Waals surface area contributed by atoms with E-state index in [1.807, 2.05) is 12.1 Å². The molecule has 1 heterocycles. The Kier molecular flexibility index (Phi) is 3.62. The molecule has 0 bridgehead atoms. The topological polar surface area (TPSA) is 73.1 Å². The zero-order chi connectivity index (χ0) is 13.0. The molecule has 94 valence electrons. The summed E-state index contributed by atoms with van der Waals surface area (Å²) in [6.45, 7) is 0. The Morgan fingerprint density at radius 1 is 1.06 bits per heavy atom. The molecule has 18 heavy (non-hydrogen) atoms. The van der Waals surface area contributed by atoms with Crippen LogP contribution in [-0.4, -0.2) is 19.2 Å². The van der Waals surface area contributed by atoms with Crippen LogP contribution in [0.5, 0.6) is 0 Å². The number of aryl methyl sites for hydroxylation is 1. The highest BCUT2D eigenvalue weighted by atomic mass is 32.2. The van der Waals surface area contributed by atoms with E-state index in [-0.39, 0.29) is 10.6 Å². The molecule has 2 aromatic rings. The summed E-state index contributed by atoms with van der Waals surface area (Å²) >= 11 is 0. The van der Waals surface area contributed by atoms with Crippen molar-refractivity contribution in [2.24, 2.45) is 0 Å². The molecule has 2 N–H and O–H groups in total. The summed E-state index contributed by atoms with van der Waals surface area (Å²) in [6, 6.07) is 12.0. The van der Waals surface area contributed by atoms with Crippen LogP contribution < -0.4 is 5.73 Å². The maximum absolute atomic E-state index is 12.1. The maximum atomic E-state index is 12.1. The average molecular weight is 262 g/mol. The molecule has 0 atom stereocenters. The van der Waals surface area contributed by atoms with Crippen molar-refractivity contribution in [2.45, 2.75) is 11.3 Å². The molecular formula is C13H14N2O2S. The number of pyridine rings is 1. The molecule has 0 fully saturated rings. The third-order valence-corrected chi connectivity index (χ3v) is 4.39. The van der Waals surface area contributed by atoms with Gasteiger partial charge in [-0.1, -0.05) is 18.2 Å². The third kappa shape index (κ3) is 2.87. The van der Waals surface area contributed by atoms with Gasteiger partial charge >= 0.3 is 0 Å². The zero-order valence-electron chi connectivity index (χ0n) is 9.78. The van der Waals surface area contributed by atoms with Gasteiger partial charge in [-0.2, -0.15) is 0 Å². The fraction of sp³-hybridized carbons (Fsp3) is 0.154. The van der Waals surface area contributed by atoms with E-state index in [1.165, 1.54) is 6.07 Å². The summed E-state index contributed by atoms with van der Waals surface area (Å²) in [5, 5.41) is 0. The zero-order valence-corrected chi connectivity index (χ0v) is 10.6. The normalized spacial score (nSPS) is 11.3. The van der Waals surface area contributed by atoms with Gasteiger partial charge in [0.15, 0.2) is 9.84 Å². The second-order valence-electron chi connectivity index (χ2n) is 3.93. The molecule has 0 radical (unpaired) electrons. The summed E-state index contributed by atoms with van der Waals surface area (Å²) in [5.74, 6) is 0.0121. The Hall–Kier alpha value is -1.88. The van der Waals surface area contributed by atoms with Crippen LogP contribution in [0.2, 0.25) is 0 Å². The Bertz CT molecular complexity index is 624. The van der Waals surface area contributed by atoms with Crippen LogP contribution in [0.25, 0.3) is 0 Å². The third-order valence-electron chi connectivity index (χ3n) is 2.61. The predicted octanol–water partition coefficient (Wildman–Crippen LogP) is 1.68. The Morgan fingerprint density at radius 2 is 1.78 bits per heavy atom. The van der Waals surface area contributed by atoms with Gasteiger partial charge < -0.3 is 5.73 Å². The van der Waals surface area contributed by atoms with E-state index in [1.54, 1.807) is 30.5 Å². The number of benzene rings is 1. The SMILES string of the molecule is Nc1ccccc1S(=O)(=O)CCc1ccccn1.